The van der Waals surface area contributed by atoms with Crippen molar-refractivity contribution in [1.29, 1.82) is 0 Å². The van der Waals surface area contributed by atoms with Gasteiger partial charge in [0.25, 0.3) is 0 Å². The highest BCUT2D eigenvalue weighted by Crippen LogP contribution is 2.34. The zero-order valence-electron chi connectivity index (χ0n) is 6.09. The van der Waals surface area contributed by atoms with E-state index in [0.29, 0.717) is 15.6 Å². The number of hydrogen-bond donors (Lipinski definition) is 0. The van der Waals surface area contributed by atoms with Gasteiger partial charge in [-0.15, -0.1) is 0 Å². The fourth-order valence-corrected chi connectivity index (χ4v) is 1.72. The lowest BCUT2D eigenvalue weighted by Crippen LogP contribution is -2.08. The van der Waals surface area contributed by atoms with Gasteiger partial charge in [-0.25, -0.2) is 0 Å². The van der Waals surface area contributed by atoms with Gasteiger partial charge in [0, 0.05) is 0 Å². The molecule has 0 heterocycles. The van der Waals surface area contributed by atoms with E-state index in [0.717, 1.165) is 0 Å². The molecule has 0 saturated heterocycles. The van der Waals surface area contributed by atoms with Crippen LogP contribution in [0.25, 0.3) is 0 Å². The second kappa shape index (κ2) is 3.67. The Labute approximate surface area is 92.2 Å². The largest absolute Gasteiger partial charge is 0.118 e. The van der Waals surface area contributed by atoms with E-state index >= 15 is 0 Å². The van der Waals surface area contributed by atoms with Crippen LogP contribution in [0.15, 0.2) is 0 Å². The minimum Gasteiger partial charge on any atom is -0.0833 e. The maximum absolute atomic E-state index is 5.81. The Kier molecular flexibility index (Phi) is 3.22. The first-order valence-corrected chi connectivity index (χ1v) is 4.56. The average molecular weight is 240 g/mol. The molecule has 62 valence electrons. The van der Waals surface area contributed by atoms with Gasteiger partial charge in [-0.05, 0) is 12.5 Å². The van der Waals surface area contributed by atoms with Gasteiger partial charge in [0.05, 0.1) is 20.1 Å². The van der Waals surface area contributed by atoms with Crippen molar-refractivity contribution in [3.63, 3.8) is 0 Å². The van der Waals surface area contributed by atoms with Crippen molar-refractivity contribution in [3.8, 4) is 0 Å². The summed E-state index contributed by atoms with van der Waals surface area (Å²) < 4.78 is 0. The Morgan fingerprint density at radius 1 is 0.833 bits per heavy atom. The molecule has 0 fully saturated rings. The molecule has 0 aliphatic heterocycles. The fraction of sp³-hybridized carbons (Fsp3) is 0.143. The summed E-state index contributed by atoms with van der Waals surface area (Å²) in [5, 5.41) is 1.21. The van der Waals surface area contributed by atoms with E-state index < -0.39 is 0 Å². The maximum Gasteiger partial charge on any atom is 0.118 e. The molecule has 12 heavy (non-hydrogen) atoms. The van der Waals surface area contributed by atoms with Crippen LogP contribution in [-0.4, -0.2) is 7.85 Å². The smallest absolute Gasteiger partial charge is 0.0833 e. The number of rotatable bonds is 0. The van der Waals surface area contributed by atoms with Crippen LogP contribution in [-0.2, 0) is 0 Å². The summed E-state index contributed by atoms with van der Waals surface area (Å²) in [5.74, 6) is 0. The third-order valence-electron chi connectivity index (χ3n) is 1.52. The zero-order chi connectivity index (χ0) is 9.46. The zero-order valence-corrected chi connectivity index (χ0v) is 9.11. The first-order chi connectivity index (χ1) is 5.46. The van der Waals surface area contributed by atoms with Gasteiger partial charge in [-0.1, -0.05) is 51.9 Å². The normalized spacial score (nSPS) is 10.4. The first kappa shape index (κ1) is 10.5. The molecule has 0 aliphatic carbocycles. The van der Waals surface area contributed by atoms with Gasteiger partial charge < -0.3 is 0 Å². The molecule has 0 atom stereocenters. The second-order valence-electron chi connectivity index (χ2n) is 2.29. The fourth-order valence-electron chi connectivity index (χ4n) is 0.758. The lowest BCUT2D eigenvalue weighted by molar-refractivity contribution is 1.49. The van der Waals surface area contributed by atoms with Crippen molar-refractivity contribution in [1.82, 2.24) is 0 Å². The van der Waals surface area contributed by atoms with Crippen LogP contribution in [0.4, 0.5) is 0 Å². The molecule has 1 aromatic carbocycles. The highest BCUT2D eigenvalue weighted by molar-refractivity contribution is 6.58. The van der Waals surface area contributed by atoms with E-state index in [4.69, 9.17) is 54.3 Å². The third kappa shape index (κ3) is 1.56. The summed E-state index contributed by atoms with van der Waals surface area (Å²) in [5.41, 5.74) is 0.862. The van der Waals surface area contributed by atoms with Crippen molar-refractivity contribution < 1.29 is 0 Å². The predicted octanol–water partition coefficient (Wildman–Crippen LogP) is 3.40. The van der Waals surface area contributed by atoms with E-state index in [1.54, 1.807) is 6.92 Å². The van der Waals surface area contributed by atoms with Crippen molar-refractivity contribution in [3.05, 3.63) is 25.7 Å². The SMILES string of the molecule is [B]c1c(Cl)c(Cl)c(C)c(Cl)c1Cl. The van der Waals surface area contributed by atoms with Crippen molar-refractivity contribution in [2.45, 2.75) is 6.92 Å². The Morgan fingerprint density at radius 3 is 1.50 bits per heavy atom. The van der Waals surface area contributed by atoms with Gasteiger partial charge in [-0.2, -0.15) is 0 Å². The summed E-state index contributed by atoms with van der Waals surface area (Å²) >= 11 is 23.1. The van der Waals surface area contributed by atoms with Crippen LogP contribution in [0.3, 0.4) is 0 Å². The molecule has 0 aromatic heterocycles. The van der Waals surface area contributed by atoms with Crippen molar-refractivity contribution in [2.24, 2.45) is 0 Å². The van der Waals surface area contributed by atoms with Gasteiger partial charge in [0.1, 0.15) is 7.85 Å². The molecule has 1 aromatic rings. The lowest BCUT2D eigenvalue weighted by atomic mass is 9.95. The van der Waals surface area contributed by atoms with Crippen LogP contribution in [0, 0.1) is 6.92 Å². The quantitative estimate of drug-likeness (QED) is 0.481. The molecule has 2 radical (unpaired) electrons. The molecule has 0 amide bonds. The maximum atomic E-state index is 5.81. The molecular formula is C7H3BCl4. The molecular weight excluding hydrogens is 237 g/mol. The minimum atomic E-state index is 0.221. The van der Waals surface area contributed by atoms with Gasteiger partial charge >= 0.3 is 0 Å². The van der Waals surface area contributed by atoms with E-state index in [-0.39, 0.29) is 15.5 Å². The van der Waals surface area contributed by atoms with Crippen LogP contribution in [0.5, 0.6) is 0 Å². The first-order valence-electron chi connectivity index (χ1n) is 3.04. The van der Waals surface area contributed by atoms with E-state index in [1.807, 2.05) is 0 Å². The Hall–Kier alpha value is 0.445. The van der Waals surface area contributed by atoms with E-state index in [2.05, 4.69) is 0 Å². The number of halogens is 4. The number of hydrogen-bond acceptors (Lipinski definition) is 0. The van der Waals surface area contributed by atoms with Gasteiger partial charge in [-0.3, -0.25) is 0 Å². The lowest BCUT2D eigenvalue weighted by Gasteiger charge is -2.09. The summed E-state index contributed by atoms with van der Waals surface area (Å²) in [6.07, 6.45) is 0. The molecule has 0 aliphatic rings. The Bertz CT molecular complexity index is 230. The topological polar surface area (TPSA) is 0 Å². The van der Waals surface area contributed by atoms with E-state index in [1.165, 1.54) is 0 Å². The van der Waals surface area contributed by atoms with Crippen LogP contribution < -0.4 is 5.46 Å². The number of benzene rings is 1. The molecule has 0 saturated carbocycles. The molecule has 0 bridgehead atoms. The predicted molar refractivity (Wildman–Crippen MR) is 56.6 cm³/mol. The molecule has 0 N–H and O–H groups in total. The summed E-state index contributed by atoms with van der Waals surface area (Å²) in [6.45, 7) is 1.72. The highest BCUT2D eigenvalue weighted by atomic mass is 35.5. The summed E-state index contributed by atoms with van der Waals surface area (Å²) in [7, 11) is 5.52. The van der Waals surface area contributed by atoms with Crippen molar-refractivity contribution >= 4 is 59.7 Å². The van der Waals surface area contributed by atoms with Crippen molar-refractivity contribution in [2.75, 3.05) is 0 Å². The molecule has 5 heteroatoms. The highest BCUT2D eigenvalue weighted by Gasteiger charge is 2.13. The summed E-state index contributed by atoms with van der Waals surface area (Å²) in [6, 6.07) is 0. The summed E-state index contributed by atoms with van der Waals surface area (Å²) in [4.78, 5) is 0. The van der Waals surface area contributed by atoms with Crippen LogP contribution in [0.1, 0.15) is 5.56 Å². The second-order valence-corrected chi connectivity index (χ2v) is 3.81. The third-order valence-corrected chi connectivity index (χ3v) is 3.44. The van der Waals surface area contributed by atoms with Crippen LogP contribution in [0.2, 0.25) is 20.1 Å². The standard InChI is InChI=1S/C7H3BCl4/c1-2-4(9)6(11)3(8)7(12)5(2)10/h1H3. The molecule has 1 rings (SSSR count). The molecule has 0 unspecified atom stereocenters. The molecule has 0 nitrogen and oxygen atoms in total. The molecule has 0 spiro atoms. The van der Waals surface area contributed by atoms with Crippen LogP contribution >= 0.6 is 46.4 Å². The van der Waals surface area contributed by atoms with Gasteiger partial charge in [0.2, 0.25) is 0 Å². The monoisotopic (exact) mass is 238 g/mol. The average Bonchev–Trinajstić information content (AvgIpc) is 2.08. The van der Waals surface area contributed by atoms with Gasteiger partial charge in [0.15, 0.2) is 0 Å². The van der Waals surface area contributed by atoms with E-state index in [9.17, 15) is 0 Å². The minimum absolute atomic E-state index is 0.221. The Morgan fingerprint density at radius 2 is 1.17 bits per heavy atom. The Balaban J connectivity index is 3.60.